The zero-order chi connectivity index (χ0) is 18.9. The Hall–Kier alpha value is -1.36. The molecule has 0 saturated heterocycles. The molecule has 1 nitrogen and oxygen atoms in total. The van der Waals surface area contributed by atoms with Gasteiger partial charge in [-0.15, -0.1) is 0 Å². The maximum Gasteiger partial charge on any atom is 0.340 e. The molecule has 0 aromatic heterocycles. The van der Waals surface area contributed by atoms with Gasteiger partial charge < -0.3 is 5.11 Å². The molecule has 0 radical (unpaired) electrons. The van der Waals surface area contributed by atoms with E-state index < -0.39 is 29.9 Å². The van der Waals surface area contributed by atoms with Gasteiger partial charge in [-0.1, -0.05) is 50.1 Å². The van der Waals surface area contributed by atoms with Crippen molar-refractivity contribution in [2.45, 2.75) is 75.7 Å². The summed E-state index contributed by atoms with van der Waals surface area (Å²) < 4.78 is 55.8. The summed E-state index contributed by atoms with van der Waals surface area (Å²) in [5.74, 6) is -7.62. The van der Waals surface area contributed by atoms with Gasteiger partial charge in [0.25, 0.3) is 0 Å². The van der Waals surface area contributed by atoms with Crippen LogP contribution in [0.2, 0.25) is 0 Å². The van der Waals surface area contributed by atoms with E-state index in [9.17, 15) is 22.7 Å². The van der Waals surface area contributed by atoms with E-state index in [0.717, 1.165) is 30.4 Å². The third kappa shape index (κ3) is 3.42. The Bertz CT molecular complexity index is 642. The average Bonchev–Trinajstić information content (AvgIpc) is 2.62. The average molecular weight is 370 g/mol. The van der Waals surface area contributed by atoms with E-state index in [0.29, 0.717) is 5.92 Å². The van der Waals surface area contributed by atoms with Crippen molar-refractivity contribution in [3.05, 3.63) is 41.5 Å². The largest absolute Gasteiger partial charge is 0.386 e. The molecule has 1 atom stereocenters. The summed E-state index contributed by atoms with van der Waals surface area (Å²) in [6.45, 7) is 2.20. The quantitative estimate of drug-likeness (QED) is 0.628. The maximum atomic E-state index is 14.2. The van der Waals surface area contributed by atoms with Gasteiger partial charge in [0.05, 0.1) is 0 Å². The highest BCUT2D eigenvalue weighted by Crippen LogP contribution is 2.50. The fourth-order valence-corrected chi connectivity index (χ4v) is 4.32. The molecule has 0 heterocycles. The second kappa shape index (κ2) is 7.34. The molecule has 0 amide bonds. The third-order valence-electron chi connectivity index (χ3n) is 5.96. The molecule has 5 heteroatoms. The lowest BCUT2D eigenvalue weighted by Gasteiger charge is -2.35. The van der Waals surface area contributed by atoms with Gasteiger partial charge in [0.15, 0.2) is 0 Å². The molecule has 1 aromatic carbocycles. The summed E-state index contributed by atoms with van der Waals surface area (Å²) >= 11 is 0. The Morgan fingerprint density at radius 2 is 1.62 bits per heavy atom. The zero-order valence-corrected chi connectivity index (χ0v) is 15.0. The number of hydrogen-bond acceptors (Lipinski definition) is 1. The smallest absolute Gasteiger partial charge is 0.340 e. The molecule has 1 unspecified atom stereocenters. The van der Waals surface area contributed by atoms with Gasteiger partial charge in [0, 0.05) is 5.57 Å². The van der Waals surface area contributed by atoms with Gasteiger partial charge in [0.1, 0.15) is 6.10 Å². The van der Waals surface area contributed by atoms with Crippen LogP contribution < -0.4 is 0 Å². The molecule has 1 N–H and O–H groups in total. The number of allylic oxidation sites excluding steroid dienone is 1. The van der Waals surface area contributed by atoms with Gasteiger partial charge in [-0.3, -0.25) is 0 Å². The van der Waals surface area contributed by atoms with E-state index >= 15 is 0 Å². The number of rotatable bonds is 4. The lowest BCUT2D eigenvalue weighted by atomic mass is 9.77. The van der Waals surface area contributed by atoms with Gasteiger partial charge in [0.2, 0.25) is 0 Å². The minimum absolute atomic E-state index is 0.102. The number of alkyl halides is 4. The Morgan fingerprint density at radius 1 is 1.00 bits per heavy atom. The van der Waals surface area contributed by atoms with Crippen molar-refractivity contribution in [2.75, 3.05) is 0 Å². The van der Waals surface area contributed by atoms with Crippen molar-refractivity contribution >= 4 is 5.57 Å². The van der Waals surface area contributed by atoms with Crippen LogP contribution in [-0.2, 0) is 0 Å². The Morgan fingerprint density at radius 3 is 2.19 bits per heavy atom. The van der Waals surface area contributed by atoms with Crippen LogP contribution in [0.5, 0.6) is 0 Å². The van der Waals surface area contributed by atoms with Crippen molar-refractivity contribution in [3.8, 4) is 0 Å². The van der Waals surface area contributed by atoms with Crippen molar-refractivity contribution in [2.24, 2.45) is 5.92 Å². The Balaban J connectivity index is 1.74. The number of hydrogen-bond donors (Lipinski definition) is 1. The summed E-state index contributed by atoms with van der Waals surface area (Å²) in [4.78, 5) is 0. The van der Waals surface area contributed by atoms with E-state index in [1.165, 1.54) is 37.8 Å². The van der Waals surface area contributed by atoms with Crippen LogP contribution >= 0.6 is 0 Å². The highest BCUT2D eigenvalue weighted by Gasteiger charge is 2.64. The first kappa shape index (κ1) is 19.4. The maximum absolute atomic E-state index is 14.2. The van der Waals surface area contributed by atoms with Gasteiger partial charge in [-0.25, -0.2) is 0 Å². The van der Waals surface area contributed by atoms with Crippen molar-refractivity contribution < 1.29 is 22.7 Å². The number of aliphatic hydroxyl groups excluding tert-OH is 1. The Labute approximate surface area is 152 Å². The van der Waals surface area contributed by atoms with E-state index in [1.54, 1.807) is 12.1 Å². The molecule has 0 spiro atoms. The highest BCUT2D eigenvalue weighted by atomic mass is 19.3. The van der Waals surface area contributed by atoms with Crippen LogP contribution in [0.3, 0.4) is 0 Å². The number of benzene rings is 1. The summed E-state index contributed by atoms with van der Waals surface area (Å²) in [6.07, 6.45) is 5.23. The van der Waals surface area contributed by atoms with Crippen LogP contribution in [0.15, 0.2) is 30.3 Å². The molecule has 0 bridgehead atoms. The van der Waals surface area contributed by atoms with Crippen LogP contribution in [0.4, 0.5) is 17.6 Å². The van der Waals surface area contributed by atoms with Crippen molar-refractivity contribution in [1.29, 1.82) is 0 Å². The van der Waals surface area contributed by atoms with Crippen LogP contribution in [0.1, 0.15) is 68.9 Å². The fraction of sp³-hybridized carbons (Fsp3) is 0.619. The van der Waals surface area contributed by atoms with Crippen LogP contribution in [-0.4, -0.2) is 23.1 Å². The second-order valence-corrected chi connectivity index (χ2v) is 7.69. The minimum Gasteiger partial charge on any atom is -0.386 e. The van der Waals surface area contributed by atoms with Gasteiger partial charge in [-0.2, -0.15) is 17.6 Å². The molecule has 2 aliphatic rings. The summed E-state index contributed by atoms with van der Waals surface area (Å²) in [5.41, 5.74) is 0.506. The normalized spacial score (nSPS) is 30.7. The lowest BCUT2D eigenvalue weighted by molar-refractivity contribution is -0.228. The van der Waals surface area contributed by atoms with E-state index in [4.69, 9.17) is 0 Å². The first-order valence-electron chi connectivity index (χ1n) is 9.52. The molecule has 1 saturated carbocycles. The van der Waals surface area contributed by atoms with E-state index in [2.05, 4.69) is 6.92 Å². The van der Waals surface area contributed by atoms with Gasteiger partial charge >= 0.3 is 11.8 Å². The number of aliphatic hydroxyl groups is 1. The third-order valence-corrected chi connectivity index (χ3v) is 5.96. The summed E-state index contributed by atoms with van der Waals surface area (Å²) in [5, 5.41) is 9.24. The predicted molar refractivity (Wildman–Crippen MR) is 94.5 cm³/mol. The highest BCUT2D eigenvalue weighted by molar-refractivity contribution is 5.73. The summed E-state index contributed by atoms with van der Waals surface area (Å²) in [7, 11) is 0. The van der Waals surface area contributed by atoms with Crippen molar-refractivity contribution in [1.82, 2.24) is 0 Å². The molecule has 26 heavy (non-hydrogen) atoms. The molecular formula is C21H26F4O. The minimum atomic E-state index is -4.45. The monoisotopic (exact) mass is 370 g/mol. The first-order valence-corrected chi connectivity index (χ1v) is 9.52. The molecule has 1 fully saturated rings. The van der Waals surface area contributed by atoms with E-state index in [1.807, 2.05) is 0 Å². The van der Waals surface area contributed by atoms with E-state index in [-0.39, 0.29) is 5.56 Å². The SMILES string of the molecule is CCCC1CCC(c2ccc(C3=CCC(O)C(F)(F)C3(F)F)cc2)CC1. The zero-order valence-electron chi connectivity index (χ0n) is 15.0. The van der Waals surface area contributed by atoms with Crippen LogP contribution in [0, 0.1) is 5.92 Å². The predicted octanol–water partition coefficient (Wildman–Crippen LogP) is 6.18. The summed E-state index contributed by atoms with van der Waals surface area (Å²) in [6, 6.07) is 6.61. The van der Waals surface area contributed by atoms with Crippen molar-refractivity contribution in [3.63, 3.8) is 0 Å². The molecule has 2 aliphatic carbocycles. The molecule has 144 valence electrons. The molecular weight excluding hydrogens is 344 g/mol. The standard InChI is InChI=1S/C21H26F4O/c1-2-3-14-4-6-15(7-5-14)16-8-10-17(11-9-16)18-12-13-19(26)21(24,25)20(18,22)23/h8-12,14-15,19,26H,2-7,13H2,1H3. The molecule has 1 aromatic rings. The topological polar surface area (TPSA) is 20.2 Å². The Kier molecular flexibility index (Phi) is 5.48. The first-order chi connectivity index (χ1) is 12.3. The molecule has 3 rings (SSSR count). The lowest BCUT2D eigenvalue weighted by Crippen LogP contribution is -2.52. The number of halogens is 4. The van der Waals surface area contributed by atoms with Gasteiger partial charge in [-0.05, 0) is 55.1 Å². The molecule has 0 aliphatic heterocycles. The second-order valence-electron chi connectivity index (χ2n) is 7.69. The fourth-order valence-electron chi connectivity index (χ4n) is 4.32. The van der Waals surface area contributed by atoms with Crippen LogP contribution in [0.25, 0.3) is 5.57 Å².